The number of aromatic hydroxyl groups is 1. The lowest BCUT2D eigenvalue weighted by Gasteiger charge is -2.15. The van der Waals surface area contributed by atoms with Crippen LogP contribution in [0, 0.1) is 0 Å². The lowest BCUT2D eigenvalue weighted by Crippen LogP contribution is -2.28. The third-order valence-corrected chi connectivity index (χ3v) is 4.42. The fourth-order valence-corrected chi connectivity index (χ4v) is 3.03. The predicted octanol–water partition coefficient (Wildman–Crippen LogP) is 3.43. The van der Waals surface area contributed by atoms with E-state index in [2.05, 4.69) is 4.98 Å². The molecule has 2 N–H and O–H groups in total. The van der Waals surface area contributed by atoms with E-state index >= 15 is 0 Å². The van der Waals surface area contributed by atoms with Crippen molar-refractivity contribution in [3.63, 3.8) is 0 Å². The number of carbonyl (C=O) groups is 1. The minimum atomic E-state index is -4.49. The molecule has 3 rings (SSSR count). The lowest BCUT2D eigenvalue weighted by atomic mass is 10.0. The summed E-state index contributed by atoms with van der Waals surface area (Å²) in [5.74, 6) is -2.27. The minimum absolute atomic E-state index is 0.0618. The third kappa shape index (κ3) is 3.30. The zero-order valence-corrected chi connectivity index (χ0v) is 14.6. The van der Waals surface area contributed by atoms with Gasteiger partial charge in [0.25, 0.3) is 5.56 Å². The van der Waals surface area contributed by atoms with Crippen molar-refractivity contribution in [1.82, 2.24) is 9.55 Å². The Balaban J connectivity index is 2.23. The normalized spacial score (nSPS) is 11.7. The van der Waals surface area contributed by atoms with Crippen molar-refractivity contribution in [1.29, 1.82) is 0 Å². The van der Waals surface area contributed by atoms with Crippen LogP contribution >= 0.6 is 0 Å². The van der Waals surface area contributed by atoms with E-state index in [9.17, 15) is 33.0 Å². The number of alkyl halides is 3. The first-order valence-corrected chi connectivity index (χ1v) is 8.28. The van der Waals surface area contributed by atoms with E-state index in [0.29, 0.717) is 17.5 Å². The molecule has 0 atom stereocenters. The molecule has 0 aliphatic heterocycles. The molecule has 0 aliphatic carbocycles. The zero-order valence-electron chi connectivity index (χ0n) is 14.6. The van der Waals surface area contributed by atoms with E-state index in [1.807, 2.05) is 0 Å². The average Bonchev–Trinajstić information content (AvgIpc) is 2.64. The number of hydrogen-bond donors (Lipinski definition) is 2. The van der Waals surface area contributed by atoms with Crippen LogP contribution in [0.3, 0.4) is 0 Å². The third-order valence-electron chi connectivity index (χ3n) is 4.42. The number of carboxylic acids is 1. The number of aryl methyl sites for hydroxylation is 1. The summed E-state index contributed by atoms with van der Waals surface area (Å²) in [6, 6.07) is 5.77. The van der Waals surface area contributed by atoms with Crippen LogP contribution in [0.4, 0.5) is 13.2 Å². The molecular formula is C19H15F3N2O4. The van der Waals surface area contributed by atoms with Crippen LogP contribution < -0.4 is 5.56 Å². The Morgan fingerprint density at radius 1 is 1.18 bits per heavy atom. The van der Waals surface area contributed by atoms with Gasteiger partial charge in [0.15, 0.2) is 5.56 Å². The van der Waals surface area contributed by atoms with E-state index in [0.717, 1.165) is 16.7 Å². The van der Waals surface area contributed by atoms with E-state index < -0.39 is 34.6 Å². The molecular weight excluding hydrogens is 377 g/mol. The van der Waals surface area contributed by atoms with Crippen LogP contribution in [0.25, 0.3) is 11.0 Å². The van der Waals surface area contributed by atoms with Crippen LogP contribution in [0.2, 0.25) is 0 Å². The molecule has 3 aromatic rings. The molecule has 1 aromatic carbocycles. The maximum absolute atomic E-state index is 12.7. The van der Waals surface area contributed by atoms with Crippen molar-refractivity contribution < 1.29 is 28.2 Å². The number of fused-ring (bicyclic) bond motifs is 1. The Hall–Kier alpha value is -3.36. The van der Waals surface area contributed by atoms with Gasteiger partial charge in [0.2, 0.25) is 0 Å². The number of carboxylic acid groups (broad SMARTS) is 1. The Labute approximate surface area is 156 Å². The molecule has 0 spiro atoms. The summed E-state index contributed by atoms with van der Waals surface area (Å²) in [6.45, 7) is 1.59. The highest BCUT2D eigenvalue weighted by molar-refractivity contribution is 5.98. The maximum atomic E-state index is 12.7. The van der Waals surface area contributed by atoms with Crippen molar-refractivity contribution in [2.24, 2.45) is 0 Å². The maximum Gasteiger partial charge on any atom is 0.416 e. The van der Waals surface area contributed by atoms with Gasteiger partial charge in [-0.05, 0) is 35.7 Å². The number of halogens is 3. The molecule has 0 aliphatic rings. The van der Waals surface area contributed by atoms with Gasteiger partial charge in [-0.2, -0.15) is 13.2 Å². The van der Waals surface area contributed by atoms with Gasteiger partial charge in [-0.1, -0.05) is 19.1 Å². The standard InChI is InChI=1S/C19H15F3N2O4/c1-2-11-7-8-23-16-13(11)15(25)14(18(27)28)17(26)24(16)9-10-3-5-12(6-4-10)19(20,21)22/h3-8,25H,2,9H2,1H3,(H,27,28). The lowest BCUT2D eigenvalue weighted by molar-refractivity contribution is -0.137. The Morgan fingerprint density at radius 3 is 2.36 bits per heavy atom. The number of aromatic carboxylic acids is 1. The smallest absolute Gasteiger partial charge is 0.416 e. The first-order valence-electron chi connectivity index (χ1n) is 8.28. The van der Waals surface area contributed by atoms with Gasteiger partial charge < -0.3 is 10.2 Å². The second-order valence-electron chi connectivity index (χ2n) is 6.14. The monoisotopic (exact) mass is 392 g/mol. The Bertz CT molecular complexity index is 1120. The molecule has 2 heterocycles. The highest BCUT2D eigenvalue weighted by Crippen LogP contribution is 2.31. The number of rotatable bonds is 4. The molecule has 0 saturated heterocycles. The number of hydrogen-bond acceptors (Lipinski definition) is 4. The van der Waals surface area contributed by atoms with E-state index in [1.54, 1.807) is 13.0 Å². The van der Waals surface area contributed by atoms with Crippen molar-refractivity contribution in [3.8, 4) is 5.75 Å². The molecule has 0 fully saturated rings. The summed E-state index contributed by atoms with van der Waals surface area (Å²) in [4.78, 5) is 28.3. The van der Waals surface area contributed by atoms with Crippen molar-refractivity contribution in [3.05, 3.63) is 69.1 Å². The zero-order chi connectivity index (χ0) is 20.6. The predicted molar refractivity (Wildman–Crippen MR) is 94.6 cm³/mol. The number of nitrogens with zero attached hydrogens (tertiary/aromatic N) is 2. The summed E-state index contributed by atoms with van der Waals surface area (Å²) in [7, 11) is 0. The number of aromatic nitrogens is 2. The molecule has 28 heavy (non-hydrogen) atoms. The number of benzene rings is 1. The fourth-order valence-electron chi connectivity index (χ4n) is 3.03. The summed E-state index contributed by atoms with van der Waals surface area (Å²) >= 11 is 0. The van der Waals surface area contributed by atoms with Crippen molar-refractivity contribution in [2.75, 3.05) is 0 Å². The molecule has 0 bridgehead atoms. The molecule has 146 valence electrons. The van der Waals surface area contributed by atoms with Gasteiger partial charge in [0.05, 0.1) is 17.5 Å². The van der Waals surface area contributed by atoms with Crippen LogP contribution in [0.1, 0.15) is 34.0 Å². The first kappa shape index (κ1) is 19.4. The highest BCUT2D eigenvalue weighted by atomic mass is 19.4. The van der Waals surface area contributed by atoms with Gasteiger partial charge in [0, 0.05) is 6.20 Å². The molecule has 9 heteroatoms. The molecule has 2 aromatic heterocycles. The van der Waals surface area contributed by atoms with Crippen molar-refractivity contribution in [2.45, 2.75) is 26.1 Å². The van der Waals surface area contributed by atoms with Gasteiger partial charge in [0.1, 0.15) is 11.4 Å². The number of pyridine rings is 2. The van der Waals surface area contributed by atoms with E-state index in [4.69, 9.17) is 0 Å². The Morgan fingerprint density at radius 2 is 1.82 bits per heavy atom. The van der Waals surface area contributed by atoms with Gasteiger partial charge in [-0.3, -0.25) is 9.36 Å². The topological polar surface area (TPSA) is 92.4 Å². The molecule has 6 nitrogen and oxygen atoms in total. The van der Waals surface area contributed by atoms with Gasteiger partial charge in [-0.15, -0.1) is 0 Å². The quantitative estimate of drug-likeness (QED) is 0.710. The SMILES string of the molecule is CCc1ccnc2c1c(O)c(C(=O)O)c(=O)n2Cc1ccc(C(F)(F)F)cc1. The van der Waals surface area contributed by atoms with Crippen molar-refractivity contribution >= 4 is 17.0 Å². The van der Waals surface area contributed by atoms with E-state index in [-0.39, 0.29) is 17.6 Å². The second kappa shape index (κ2) is 6.99. The van der Waals surface area contributed by atoms with Crippen LogP contribution in [-0.4, -0.2) is 25.7 Å². The van der Waals surface area contributed by atoms with Gasteiger partial charge in [-0.25, -0.2) is 9.78 Å². The van der Waals surface area contributed by atoms with Crippen LogP contribution in [0.5, 0.6) is 5.75 Å². The average molecular weight is 392 g/mol. The summed E-state index contributed by atoms with van der Waals surface area (Å²) in [6.07, 6.45) is -2.62. The fraction of sp³-hybridized carbons (Fsp3) is 0.211. The van der Waals surface area contributed by atoms with E-state index in [1.165, 1.54) is 18.3 Å². The Kier molecular flexibility index (Phi) is 4.84. The summed E-state index contributed by atoms with van der Waals surface area (Å²) in [5, 5.41) is 19.9. The molecule has 0 saturated carbocycles. The largest absolute Gasteiger partial charge is 0.506 e. The van der Waals surface area contributed by atoms with Crippen LogP contribution in [0.15, 0.2) is 41.3 Å². The molecule has 0 amide bonds. The second-order valence-corrected chi connectivity index (χ2v) is 6.14. The highest BCUT2D eigenvalue weighted by Gasteiger charge is 2.30. The first-order chi connectivity index (χ1) is 13.1. The summed E-state index contributed by atoms with van der Waals surface area (Å²) in [5.41, 5.74) is -1.63. The molecule has 0 unspecified atom stereocenters. The molecule has 0 radical (unpaired) electrons. The minimum Gasteiger partial charge on any atom is -0.506 e. The van der Waals surface area contributed by atoms with Crippen LogP contribution in [-0.2, 0) is 19.1 Å². The summed E-state index contributed by atoms with van der Waals surface area (Å²) < 4.78 is 39.2. The van der Waals surface area contributed by atoms with Gasteiger partial charge >= 0.3 is 12.1 Å².